The molecule has 1 rings (SSSR count). The van der Waals surface area contributed by atoms with Crippen LogP contribution in [0.2, 0.25) is 0 Å². The molecule has 0 radical (unpaired) electrons. The number of rotatable bonds is 13. The van der Waals surface area contributed by atoms with Crippen molar-refractivity contribution in [2.45, 2.75) is 95.2 Å². The molecule has 1 aliphatic heterocycles. The summed E-state index contributed by atoms with van der Waals surface area (Å²) >= 11 is 0. The first-order valence-corrected chi connectivity index (χ1v) is 10.5. The van der Waals surface area contributed by atoms with E-state index < -0.39 is 73.0 Å². The van der Waals surface area contributed by atoms with E-state index in [-0.39, 0.29) is 6.42 Å². The average molecular weight is 453 g/mol. The Bertz CT molecular complexity index is 622. The van der Waals surface area contributed by atoms with Crippen molar-refractivity contribution in [3.63, 3.8) is 0 Å². The number of ketones is 1. The summed E-state index contributed by atoms with van der Waals surface area (Å²) in [5, 5.41) is 29.6. The van der Waals surface area contributed by atoms with Crippen LogP contribution in [0.1, 0.15) is 58.8 Å². The van der Waals surface area contributed by atoms with E-state index >= 15 is 0 Å². The van der Waals surface area contributed by atoms with E-state index in [9.17, 15) is 33.4 Å². The Kier molecular flexibility index (Phi) is 10.9. The van der Waals surface area contributed by atoms with E-state index in [1.165, 1.54) is 0 Å². The topological polar surface area (TPSA) is 156 Å². The third-order valence-corrected chi connectivity index (χ3v) is 5.36. The van der Waals surface area contributed by atoms with Crippen LogP contribution in [-0.4, -0.2) is 76.0 Å². The SMILES string of the molecule is CCCCCCCC(=O)OC[C@@H](O)[C@@H](O)C1O[C@@](F)(C(=O)O)C(F)[C@@H](N)[C@H]1CC(C)=O. The smallest absolute Gasteiger partial charge is 0.372 e. The van der Waals surface area contributed by atoms with Gasteiger partial charge in [0.25, 0.3) is 0 Å². The lowest BCUT2D eigenvalue weighted by Crippen LogP contribution is -2.67. The molecule has 0 bridgehead atoms. The molecule has 2 unspecified atom stereocenters. The molecule has 0 saturated carbocycles. The van der Waals surface area contributed by atoms with Crippen LogP contribution in [0, 0.1) is 5.92 Å². The minimum atomic E-state index is -3.87. The molecule has 0 aromatic heterocycles. The number of aliphatic hydroxyl groups excluding tert-OH is 2. The normalized spacial score (nSPS) is 30.4. The molecular formula is C20H33F2NO8. The molecule has 180 valence electrons. The second-order valence-electron chi connectivity index (χ2n) is 7.99. The summed E-state index contributed by atoms with van der Waals surface area (Å²) in [7, 11) is 0. The second-order valence-corrected chi connectivity index (χ2v) is 7.99. The molecule has 9 nitrogen and oxygen atoms in total. The monoisotopic (exact) mass is 453 g/mol. The highest BCUT2D eigenvalue weighted by Crippen LogP contribution is 2.39. The quantitative estimate of drug-likeness (QED) is 0.236. The predicted octanol–water partition coefficient (Wildman–Crippen LogP) is 1.02. The zero-order valence-corrected chi connectivity index (χ0v) is 17.8. The maximum atomic E-state index is 14.6. The lowest BCUT2D eigenvalue weighted by molar-refractivity contribution is -0.284. The highest BCUT2D eigenvalue weighted by Gasteiger charge is 2.61. The number of hydrogen-bond acceptors (Lipinski definition) is 8. The first-order valence-electron chi connectivity index (χ1n) is 10.5. The van der Waals surface area contributed by atoms with Crippen molar-refractivity contribution in [1.82, 2.24) is 0 Å². The van der Waals surface area contributed by atoms with Gasteiger partial charge in [0, 0.05) is 24.8 Å². The van der Waals surface area contributed by atoms with E-state index in [0.717, 1.165) is 32.6 Å². The van der Waals surface area contributed by atoms with Crippen LogP contribution >= 0.6 is 0 Å². The van der Waals surface area contributed by atoms with E-state index in [1.54, 1.807) is 0 Å². The van der Waals surface area contributed by atoms with Crippen molar-refractivity contribution in [3.05, 3.63) is 0 Å². The van der Waals surface area contributed by atoms with Gasteiger partial charge < -0.3 is 35.3 Å². The van der Waals surface area contributed by atoms with Gasteiger partial charge in [0.15, 0.2) is 6.17 Å². The van der Waals surface area contributed by atoms with E-state index in [1.807, 2.05) is 0 Å². The van der Waals surface area contributed by atoms with Gasteiger partial charge in [-0.05, 0) is 13.3 Å². The number of aliphatic hydroxyl groups is 2. The number of carboxylic acid groups (broad SMARTS) is 1. The third-order valence-electron chi connectivity index (χ3n) is 5.36. The molecule has 1 aliphatic rings. The maximum Gasteiger partial charge on any atom is 0.372 e. The van der Waals surface area contributed by atoms with Crippen LogP contribution in [0.5, 0.6) is 0 Å². The first-order chi connectivity index (χ1) is 14.5. The van der Waals surface area contributed by atoms with Gasteiger partial charge >= 0.3 is 17.8 Å². The molecule has 31 heavy (non-hydrogen) atoms. The number of aliphatic carboxylic acids is 1. The largest absolute Gasteiger partial charge is 0.477 e. The number of ether oxygens (including phenoxy) is 2. The minimum absolute atomic E-state index is 0.112. The number of halogens is 2. The summed E-state index contributed by atoms with van der Waals surface area (Å²) in [6.45, 7) is 2.53. The summed E-state index contributed by atoms with van der Waals surface area (Å²) in [4.78, 5) is 34.5. The fourth-order valence-electron chi connectivity index (χ4n) is 3.55. The summed E-state index contributed by atoms with van der Waals surface area (Å²) in [5.74, 6) is -8.57. The summed E-state index contributed by atoms with van der Waals surface area (Å²) in [5.41, 5.74) is 5.64. The predicted molar refractivity (Wildman–Crippen MR) is 104 cm³/mol. The van der Waals surface area contributed by atoms with Gasteiger partial charge in [-0.1, -0.05) is 32.6 Å². The van der Waals surface area contributed by atoms with E-state index in [0.29, 0.717) is 6.42 Å². The highest BCUT2D eigenvalue weighted by atomic mass is 19.2. The van der Waals surface area contributed by atoms with Gasteiger partial charge in [0.1, 0.15) is 24.6 Å². The molecule has 5 N–H and O–H groups in total. The van der Waals surface area contributed by atoms with Crippen LogP contribution in [0.15, 0.2) is 0 Å². The van der Waals surface area contributed by atoms with Crippen molar-refractivity contribution < 1.29 is 48.0 Å². The standard InChI is InChI=1S/C20H33F2NO8/c1-3-4-5-6-7-8-14(26)30-10-13(25)16(27)17-12(9-11(2)24)15(23)18(21)20(22,31-17)19(28)29/h12-13,15-18,25,27H,3-10,23H2,1-2H3,(H,28,29)/t12-,13-,15+,16-,17?,18?,20-/m1/s1. The number of hydrogen-bond donors (Lipinski definition) is 4. The number of carbonyl (C=O) groups excluding carboxylic acids is 2. The van der Waals surface area contributed by atoms with Crippen LogP contribution in [0.3, 0.4) is 0 Å². The van der Waals surface area contributed by atoms with Gasteiger partial charge in [0.05, 0.1) is 6.10 Å². The fraction of sp³-hybridized carbons (Fsp3) is 0.850. The van der Waals surface area contributed by atoms with Crippen molar-refractivity contribution in [2.75, 3.05) is 6.61 Å². The highest BCUT2D eigenvalue weighted by molar-refractivity contribution is 5.78. The molecule has 1 fully saturated rings. The Balaban J connectivity index is 2.78. The van der Waals surface area contributed by atoms with Crippen molar-refractivity contribution in [1.29, 1.82) is 0 Å². The molecule has 0 amide bonds. The van der Waals surface area contributed by atoms with Gasteiger partial charge in [-0.25, -0.2) is 9.18 Å². The van der Waals surface area contributed by atoms with Crippen LogP contribution in [0.4, 0.5) is 8.78 Å². The molecule has 0 spiro atoms. The number of carbonyl (C=O) groups is 3. The Labute approximate surface area is 179 Å². The Morgan fingerprint density at radius 3 is 2.35 bits per heavy atom. The second kappa shape index (κ2) is 12.4. The number of nitrogens with two attached hydrogens (primary N) is 1. The van der Waals surface area contributed by atoms with Gasteiger partial charge in [-0.15, -0.1) is 0 Å². The van der Waals surface area contributed by atoms with E-state index in [2.05, 4.69) is 6.92 Å². The molecule has 11 heteroatoms. The van der Waals surface area contributed by atoms with Gasteiger partial charge in [-0.3, -0.25) is 4.79 Å². The van der Waals surface area contributed by atoms with Crippen LogP contribution in [-0.2, 0) is 23.9 Å². The number of esters is 1. The molecule has 0 aromatic carbocycles. The number of carboxylic acids is 1. The minimum Gasteiger partial charge on any atom is -0.477 e. The summed E-state index contributed by atoms with van der Waals surface area (Å²) in [6, 6.07) is -1.80. The summed E-state index contributed by atoms with van der Waals surface area (Å²) in [6.07, 6.45) is -4.23. The Morgan fingerprint density at radius 2 is 1.81 bits per heavy atom. The lowest BCUT2D eigenvalue weighted by atomic mass is 9.79. The number of alkyl halides is 2. The molecule has 1 saturated heterocycles. The molecule has 0 aromatic rings. The van der Waals surface area contributed by atoms with E-state index in [4.69, 9.17) is 20.3 Å². The van der Waals surface area contributed by atoms with Crippen molar-refractivity contribution in [2.24, 2.45) is 11.7 Å². The molecule has 0 aliphatic carbocycles. The van der Waals surface area contributed by atoms with Crippen LogP contribution in [0.25, 0.3) is 0 Å². The average Bonchev–Trinajstić information content (AvgIpc) is 2.71. The molecular weight excluding hydrogens is 420 g/mol. The maximum absolute atomic E-state index is 14.6. The summed E-state index contributed by atoms with van der Waals surface area (Å²) < 4.78 is 38.6. The Morgan fingerprint density at radius 1 is 1.19 bits per heavy atom. The van der Waals surface area contributed by atoms with Gasteiger partial charge in [0.2, 0.25) is 0 Å². The first kappa shape index (κ1) is 27.3. The molecule has 1 heterocycles. The third kappa shape index (κ3) is 7.44. The van der Waals surface area contributed by atoms with Crippen LogP contribution < -0.4 is 5.73 Å². The zero-order chi connectivity index (χ0) is 23.8. The van der Waals surface area contributed by atoms with Crippen molar-refractivity contribution >= 4 is 17.7 Å². The lowest BCUT2D eigenvalue weighted by Gasteiger charge is -2.45. The fourth-order valence-corrected chi connectivity index (χ4v) is 3.55. The Hall–Kier alpha value is -1.69. The zero-order valence-electron chi connectivity index (χ0n) is 17.8. The number of Topliss-reactive ketones (excluding diaryl/α,β-unsaturated/α-hetero) is 1. The molecule has 7 atom stereocenters. The van der Waals surface area contributed by atoms with Gasteiger partial charge in [-0.2, -0.15) is 4.39 Å². The number of unbranched alkanes of at least 4 members (excludes halogenated alkanes) is 4. The van der Waals surface area contributed by atoms with Crippen molar-refractivity contribution in [3.8, 4) is 0 Å².